The van der Waals surface area contributed by atoms with Crippen LogP contribution in [-0.2, 0) is 6.42 Å². The second-order valence-corrected chi connectivity index (χ2v) is 5.65. The van der Waals surface area contributed by atoms with Crippen molar-refractivity contribution in [1.82, 2.24) is 0 Å². The van der Waals surface area contributed by atoms with E-state index in [1.807, 2.05) is 0 Å². The Kier molecular flexibility index (Phi) is 3.27. The van der Waals surface area contributed by atoms with Crippen LogP contribution in [0, 0.1) is 13.8 Å². The molecule has 0 aromatic heterocycles. The third-order valence-electron chi connectivity index (χ3n) is 4.33. The van der Waals surface area contributed by atoms with Gasteiger partial charge in [0, 0.05) is 6.04 Å². The van der Waals surface area contributed by atoms with Gasteiger partial charge in [0.1, 0.15) is 5.75 Å². The van der Waals surface area contributed by atoms with E-state index in [1.54, 1.807) is 7.11 Å². The molecule has 20 heavy (non-hydrogen) atoms. The van der Waals surface area contributed by atoms with Crippen LogP contribution in [0.2, 0.25) is 0 Å². The molecule has 2 aromatic rings. The fourth-order valence-corrected chi connectivity index (χ4v) is 3.39. The topological polar surface area (TPSA) is 35.2 Å². The van der Waals surface area contributed by atoms with Crippen molar-refractivity contribution in [3.05, 3.63) is 52.6 Å². The summed E-state index contributed by atoms with van der Waals surface area (Å²) in [5, 5.41) is 0. The van der Waals surface area contributed by atoms with Crippen molar-refractivity contribution >= 4 is 0 Å². The zero-order valence-electron chi connectivity index (χ0n) is 12.4. The third-order valence-corrected chi connectivity index (χ3v) is 4.33. The van der Waals surface area contributed by atoms with E-state index >= 15 is 0 Å². The highest BCUT2D eigenvalue weighted by Gasteiger charge is 2.23. The van der Waals surface area contributed by atoms with Gasteiger partial charge in [-0.1, -0.05) is 18.2 Å². The number of hydrogen-bond acceptors (Lipinski definition) is 2. The summed E-state index contributed by atoms with van der Waals surface area (Å²) < 4.78 is 5.36. The van der Waals surface area contributed by atoms with Gasteiger partial charge in [0.15, 0.2) is 0 Å². The maximum absolute atomic E-state index is 6.20. The van der Waals surface area contributed by atoms with Crippen molar-refractivity contribution in [3.63, 3.8) is 0 Å². The molecule has 0 spiro atoms. The molecule has 1 aliphatic carbocycles. The number of methoxy groups -OCH3 is 1. The van der Waals surface area contributed by atoms with Crippen LogP contribution in [0.1, 0.15) is 34.7 Å². The summed E-state index contributed by atoms with van der Waals surface area (Å²) in [6.45, 7) is 4.30. The van der Waals surface area contributed by atoms with E-state index in [9.17, 15) is 0 Å². The first-order valence-corrected chi connectivity index (χ1v) is 7.14. The Bertz CT molecular complexity index is 637. The van der Waals surface area contributed by atoms with Crippen LogP contribution in [-0.4, -0.2) is 7.11 Å². The highest BCUT2D eigenvalue weighted by atomic mass is 16.5. The molecule has 0 unspecified atom stereocenters. The number of hydrogen-bond donors (Lipinski definition) is 1. The number of nitrogens with two attached hydrogens (primary N) is 1. The quantitative estimate of drug-likeness (QED) is 0.895. The molecule has 0 fully saturated rings. The van der Waals surface area contributed by atoms with Gasteiger partial charge in [0.2, 0.25) is 0 Å². The van der Waals surface area contributed by atoms with Gasteiger partial charge < -0.3 is 10.5 Å². The Hall–Kier alpha value is -1.80. The van der Waals surface area contributed by atoms with Gasteiger partial charge >= 0.3 is 0 Å². The van der Waals surface area contributed by atoms with E-state index in [1.165, 1.54) is 33.4 Å². The maximum atomic E-state index is 6.20. The monoisotopic (exact) mass is 267 g/mol. The van der Waals surface area contributed by atoms with Crippen molar-refractivity contribution < 1.29 is 4.74 Å². The van der Waals surface area contributed by atoms with Crippen LogP contribution in [0.25, 0.3) is 11.1 Å². The minimum atomic E-state index is 0.198. The number of fused-ring (bicyclic) bond motifs is 1. The van der Waals surface area contributed by atoms with E-state index in [0.717, 1.165) is 18.6 Å². The second-order valence-electron chi connectivity index (χ2n) is 5.65. The predicted molar refractivity (Wildman–Crippen MR) is 83.2 cm³/mol. The van der Waals surface area contributed by atoms with Crippen LogP contribution in [0.15, 0.2) is 30.3 Å². The zero-order valence-corrected chi connectivity index (χ0v) is 12.4. The fraction of sp³-hybridized carbons (Fsp3) is 0.333. The van der Waals surface area contributed by atoms with E-state index in [-0.39, 0.29) is 6.04 Å². The summed E-state index contributed by atoms with van der Waals surface area (Å²) >= 11 is 0. The van der Waals surface area contributed by atoms with Crippen molar-refractivity contribution in [2.24, 2.45) is 5.73 Å². The molecular formula is C18H21NO. The lowest BCUT2D eigenvalue weighted by Crippen LogP contribution is -2.05. The molecule has 0 bridgehead atoms. The first kappa shape index (κ1) is 13.2. The van der Waals surface area contributed by atoms with Crippen molar-refractivity contribution in [3.8, 4) is 16.9 Å². The van der Waals surface area contributed by atoms with E-state index in [0.29, 0.717) is 0 Å². The molecule has 104 valence electrons. The molecule has 2 heteroatoms. The average molecular weight is 267 g/mol. The summed E-state index contributed by atoms with van der Waals surface area (Å²) in [5.74, 6) is 0.924. The largest absolute Gasteiger partial charge is 0.497 e. The molecule has 0 radical (unpaired) electrons. The maximum Gasteiger partial charge on any atom is 0.119 e. The first-order chi connectivity index (χ1) is 9.61. The number of benzene rings is 2. The van der Waals surface area contributed by atoms with E-state index in [4.69, 9.17) is 10.5 Å². The molecule has 1 aliphatic rings. The summed E-state index contributed by atoms with van der Waals surface area (Å²) in [5.41, 5.74) is 14.1. The Balaban J connectivity index is 2.20. The van der Waals surface area contributed by atoms with Crippen LogP contribution in [0.5, 0.6) is 5.75 Å². The molecular weight excluding hydrogens is 246 g/mol. The van der Waals surface area contributed by atoms with Gasteiger partial charge in [-0.3, -0.25) is 0 Å². The molecule has 0 amide bonds. The van der Waals surface area contributed by atoms with Gasteiger partial charge in [-0.05, 0) is 72.2 Å². The molecule has 1 atom stereocenters. The van der Waals surface area contributed by atoms with Gasteiger partial charge in [0.25, 0.3) is 0 Å². The molecule has 2 N–H and O–H groups in total. The van der Waals surface area contributed by atoms with Gasteiger partial charge in [0.05, 0.1) is 7.11 Å². The Morgan fingerprint density at radius 1 is 1.15 bits per heavy atom. The predicted octanol–water partition coefficient (Wildman–Crippen LogP) is 3.93. The zero-order chi connectivity index (χ0) is 14.3. The molecule has 2 nitrogen and oxygen atoms in total. The van der Waals surface area contributed by atoms with Crippen LogP contribution < -0.4 is 10.5 Å². The summed E-state index contributed by atoms with van der Waals surface area (Å²) in [7, 11) is 1.72. The summed E-state index contributed by atoms with van der Waals surface area (Å²) in [4.78, 5) is 0. The Morgan fingerprint density at radius 2 is 1.85 bits per heavy atom. The lowest BCUT2D eigenvalue weighted by Gasteiger charge is -2.16. The highest BCUT2D eigenvalue weighted by molar-refractivity contribution is 5.76. The number of aryl methyl sites for hydroxylation is 2. The fourth-order valence-electron chi connectivity index (χ4n) is 3.39. The van der Waals surface area contributed by atoms with Crippen molar-refractivity contribution in [2.45, 2.75) is 32.7 Å². The molecule has 0 saturated carbocycles. The average Bonchev–Trinajstić information content (AvgIpc) is 2.81. The van der Waals surface area contributed by atoms with Crippen molar-refractivity contribution in [2.75, 3.05) is 7.11 Å². The Labute approximate surface area is 120 Å². The van der Waals surface area contributed by atoms with E-state index in [2.05, 4.69) is 44.2 Å². The first-order valence-electron chi connectivity index (χ1n) is 7.14. The lowest BCUT2D eigenvalue weighted by atomic mass is 9.90. The second kappa shape index (κ2) is 4.95. The summed E-state index contributed by atoms with van der Waals surface area (Å²) in [6.07, 6.45) is 2.14. The molecule has 2 aromatic carbocycles. The van der Waals surface area contributed by atoms with Crippen LogP contribution in [0.4, 0.5) is 0 Å². The van der Waals surface area contributed by atoms with Crippen molar-refractivity contribution in [1.29, 1.82) is 0 Å². The SMILES string of the molecule is COc1cc(C)c(-c2cccc3c2CC[C@H]3N)c(C)c1. The van der Waals surface area contributed by atoms with Gasteiger partial charge in [-0.25, -0.2) is 0 Å². The number of rotatable bonds is 2. The standard InChI is InChI=1S/C18H21NO/c1-11-9-13(20-3)10-12(2)18(11)16-6-4-5-15-14(16)7-8-17(15)19/h4-6,9-10,17H,7-8,19H2,1-3H3/t17-/m1/s1. The molecule has 3 rings (SSSR count). The normalized spacial score (nSPS) is 17.1. The van der Waals surface area contributed by atoms with E-state index < -0.39 is 0 Å². The lowest BCUT2D eigenvalue weighted by molar-refractivity contribution is 0.414. The minimum Gasteiger partial charge on any atom is -0.497 e. The Morgan fingerprint density at radius 3 is 2.50 bits per heavy atom. The van der Waals surface area contributed by atoms with Crippen LogP contribution in [0.3, 0.4) is 0 Å². The number of ether oxygens (including phenoxy) is 1. The third kappa shape index (κ3) is 2.01. The molecule has 0 aliphatic heterocycles. The van der Waals surface area contributed by atoms with Gasteiger partial charge in [-0.2, -0.15) is 0 Å². The highest BCUT2D eigenvalue weighted by Crippen LogP contribution is 2.39. The van der Waals surface area contributed by atoms with Crippen LogP contribution >= 0.6 is 0 Å². The minimum absolute atomic E-state index is 0.198. The molecule has 0 heterocycles. The smallest absolute Gasteiger partial charge is 0.119 e. The summed E-state index contributed by atoms with van der Waals surface area (Å²) in [6, 6.07) is 10.9. The van der Waals surface area contributed by atoms with Gasteiger partial charge in [-0.15, -0.1) is 0 Å². The molecule has 0 saturated heterocycles.